The fourth-order valence-electron chi connectivity index (χ4n) is 0.376. The summed E-state index contributed by atoms with van der Waals surface area (Å²) < 4.78 is 4.67. The number of carboxylic acids is 1. The Kier molecular flexibility index (Phi) is 23.2. The van der Waals surface area contributed by atoms with Crippen LogP contribution < -0.4 is 0 Å². The Morgan fingerprint density at radius 3 is 2.07 bits per heavy atom. The molecule has 0 fully saturated rings. The van der Waals surface area contributed by atoms with Crippen molar-refractivity contribution in [2.24, 2.45) is 0 Å². The molecule has 0 aliphatic heterocycles. The van der Waals surface area contributed by atoms with Gasteiger partial charge in [-0.25, -0.2) is 4.79 Å². The van der Waals surface area contributed by atoms with E-state index in [4.69, 9.17) is 9.90 Å². The van der Waals surface area contributed by atoms with E-state index in [-0.39, 0.29) is 5.97 Å². The molecule has 0 bridgehead atoms. The highest BCUT2D eigenvalue weighted by Crippen LogP contribution is 1.88. The van der Waals surface area contributed by atoms with E-state index in [2.05, 4.69) is 24.5 Å². The first-order valence-electron chi connectivity index (χ1n) is 4.53. The van der Waals surface area contributed by atoms with Crippen molar-refractivity contribution in [2.45, 2.75) is 26.7 Å². The number of carbonyl (C=O) groups excluding carboxylic acids is 1. The van der Waals surface area contributed by atoms with Crippen LogP contribution in [0.2, 0.25) is 0 Å². The summed E-state index contributed by atoms with van der Waals surface area (Å²) in [4.78, 5) is 19.3. The molecule has 0 aromatic rings. The number of carboxylic acid groups (broad SMARTS) is 1. The highest BCUT2D eigenvalue weighted by Gasteiger charge is 1.91. The summed E-state index contributed by atoms with van der Waals surface area (Å²) >= 11 is 0. The van der Waals surface area contributed by atoms with Gasteiger partial charge in [0, 0.05) is 13.0 Å². The number of ether oxygens (including phenoxy) is 1. The van der Waals surface area contributed by atoms with Gasteiger partial charge >= 0.3 is 5.97 Å². The Morgan fingerprint density at radius 1 is 1.40 bits per heavy atom. The maximum Gasteiger partial charge on any atom is 0.330 e. The van der Waals surface area contributed by atoms with Gasteiger partial charge in [0.05, 0.1) is 6.61 Å². The number of rotatable bonds is 4. The van der Waals surface area contributed by atoms with Crippen molar-refractivity contribution in [2.75, 3.05) is 6.61 Å². The summed E-state index contributed by atoms with van der Waals surface area (Å²) in [5.74, 6) is -1.16. The van der Waals surface area contributed by atoms with Crippen LogP contribution in [-0.2, 0) is 14.3 Å². The summed E-state index contributed by atoms with van der Waals surface area (Å²) in [5, 5.41) is 7.42. The van der Waals surface area contributed by atoms with Crippen molar-refractivity contribution in [3.8, 4) is 0 Å². The minimum atomic E-state index is -0.833. The van der Waals surface area contributed by atoms with Gasteiger partial charge in [0.1, 0.15) is 0 Å². The SMILES string of the molecule is C=C.C=CC(=O)OCCCC.CC(=O)O. The van der Waals surface area contributed by atoms with Crippen LogP contribution in [-0.4, -0.2) is 23.7 Å². The fourth-order valence-corrected chi connectivity index (χ4v) is 0.376. The zero-order chi connectivity index (χ0) is 12.7. The highest BCUT2D eigenvalue weighted by molar-refractivity contribution is 5.81. The van der Waals surface area contributed by atoms with Crippen LogP contribution in [0.3, 0.4) is 0 Å². The van der Waals surface area contributed by atoms with Gasteiger partial charge in [0.2, 0.25) is 0 Å². The van der Waals surface area contributed by atoms with E-state index >= 15 is 0 Å². The lowest BCUT2D eigenvalue weighted by Gasteiger charge is -1.97. The second-order valence-corrected chi connectivity index (χ2v) is 2.24. The van der Waals surface area contributed by atoms with Crippen LogP contribution in [0, 0.1) is 0 Å². The van der Waals surface area contributed by atoms with E-state index in [0.717, 1.165) is 19.8 Å². The monoisotopic (exact) mass is 216 g/mol. The number of carbonyl (C=O) groups is 2. The van der Waals surface area contributed by atoms with E-state index in [1.54, 1.807) is 0 Å². The summed E-state index contributed by atoms with van der Waals surface area (Å²) in [7, 11) is 0. The molecule has 0 aromatic carbocycles. The third-order valence-electron chi connectivity index (χ3n) is 0.909. The number of hydrogen-bond acceptors (Lipinski definition) is 3. The number of esters is 1. The summed E-state index contributed by atoms with van der Waals surface area (Å²) in [5.41, 5.74) is 0. The average molecular weight is 216 g/mol. The molecule has 15 heavy (non-hydrogen) atoms. The lowest BCUT2D eigenvalue weighted by molar-refractivity contribution is -0.138. The van der Waals surface area contributed by atoms with Gasteiger partial charge in [0.15, 0.2) is 0 Å². The molecule has 0 aliphatic rings. The minimum Gasteiger partial charge on any atom is -0.481 e. The molecule has 0 radical (unpaired) electrons. The van der Waals surface area contributed by atoms with Gasteiger partial charge in [-0.15, -0.1) is 13.2 Å². The van der Waals surface area contributed by atoms with Gasteiger partial charge < -0.3 is 9.84 Å². The van der Waals surface area contributed by atoms with Crippen LogP contribution in [0.25, 0.3) is 0 Å². The Morgan fingerprint density at radius 2 is 1.80 bits per heavy atom. The molecule has 0 aromatic heterocycles. The molecule has 4 nitrogen and oxygen atoms in total. The fraction of sp³-hybridized carbons (Fsp3) is 0.455. The lowest BCUT2D eigenvalue weighted by atomic mass is 10.4. The van der Waals surface area contributed by atoms with Crippen LogP contribution in [0.1, 0.15) is 26.7 Å². The third-order valence-corrected chi connectivity index (χ3v) is 0.909. The quantitative estimate of drug-likeness (QED) is 0.339. The average Bonchev–Trinajstić information content (AvgIpc) is 2.20. The van der Waals surface area contributed by atoms with Crippen LogP contribution in [0.5, 0.6) is 0 Å². The van der Waals surface area contributed by atoms with E-state index in [1.807, 2.05) is 6.92 Å². The zero-order valence-corrected chi connectivity index (χ0v) is 9.49. The van der Waals surface area contributed by atoms with Crippen molar-refractivity contribution >= 4 is 11.9 Å². The molecular formula is C11H20O4. The molecule has 0 aliphatic carbocycles. The molecule has 0 spiro atoms. The normalized spacial score (nSPS) is 7.07. The van der Waals surface area contributed by atoms with Crippen molar-refractivity contribution in [3.63, 3.8) is 0 Å². The van der Waals surface area contributed by atoms with Gasteiger partial charge in [-0.05, 0) is 6.42 Å². The van der Waals surface area contributed by atoms with Crippen molar-refractivity contribution in [1.29, 1.82) is 0 Å². The molecule has 4 heteroatoms. The largest absolute Gasteiger partial charge is 0.481 e. The van der Waals surface area contributed by atoms with Crippen LogP contribution in [0.15, 0.2) is 25.8 Å². The maximum absolute atomic E-state index is 10.3. The number of hydrogen-bond donors (Lipinski definition) is 1. The van der Waals surface area contributed by atoms with E-state index in [1.165, 1.54) is 6.08 Å². The number of aliphatic carboxylic acids is 1. The lowest BCUT2D eigenvalue weighted by Crippen LogP contribution is -2.00. The van der Waals surface area contributed by atoms with Gasteiger partial charge in [-0.3, -0.25) is 4.79 Å². The minimum absolute atomic E-state index is 0.330. The second kappa shape index (κ2) is 18.3. The first kappa shape index (κ1) is 19.1. The van der Waals surface area contributed by atoms with Crippen molar-refractivity contribution < 1.29 is 19.4 Å². The molecular weight excluding hydrogens is 196 g/mol. The molecule has 1 N–H and O–H groups in total. The highest BCUT2D eigenvalue weighted by atomic mass is 16.5. The Bertz CT molecular complexity index is 171. The standard InChI is InChI=1S/C7H12O2.C2H4O2.C2H4/c1-3-5-6-9-7(8)4-2;1-2(3)4;1-2/h4H,2-3,5-6H2,1H3;1H3,(H,3,4);1-2H2. The molecule has 0 rings (SSSR count). The second-order valence-electron chi connectivity index (χ2n) is 2.24. The maximum atomic E-state index is 10.3. The van der Waals surface area contributed by atoms with Gasteiger partial charge in [-0.1, -0.05) is 19.9 Å². The molecule has 0 atom stereocenters. The Balaban J connectivity index is -0.000000202. The van der Waals surface area contributed by atoms with E-state index in [0.29, 0.717) is 6.61 Å². The summed E-state index contributed by atoms with van der Waals surface area (Å²) in [6.45, 7) is 12.9. The third kappa shape index (κ3) is 45.9. The van der Waals surface area contributed by atoms with Crippen LogP contribution >= 0.6 is 0 Å². The molecule has 0 saturated heterocycles. The summed E-state index contributed by atoms with van der Waals surface area (Å²) in [6.07, 6.45) is 3.15. The molecule has 88 valence electrons. The topological polar surface area (TPSA) is 63.6 Å². The van der Waals surface area contributed by atoms with Crippen molar-refractivity contribution in [3.05, 3.63) is 25.8 Å². The van der Waals surface area contributed by atoms with Gasteiger partial charge in [-0.2, -0.15) is 0 Å². The van der Waals surface area contributed by atoms with E-state index in [9.17, 15) is 4.79 Å². The van der Waals surface area contributed by atoms with Crippen molar-refractivity contribution in [1.82, 2.24) is 0 Å². The predicted molar refractivity (Wildman–Crippen MR) is 60.6 cm³/mol. The molecule has 0 saturated carbocycles. The first-order chi connectivity index (χ1) is 7.04. The zero-order valence-electron chi connectivity index (χ0n) is 9.49. The number of unbranched alkanes of at least 4 members (excludes halogenated alkanes) is 1. The van der Waals surface area contributed by atoms with E-state index < -0.39 is 5.97 Å². The predicted octanol–water partition coefficient (Wildman–Crippen LogP) is 2.41. The summed E-state index contributed by atoms with van der Waals surface area (Å²) in [6, 6.07) is 0. The molecule has 0 unspecified atom stereocenters. The Labute approximate surface area is 91.3 Å². The first-order valence-corrected chi connectivity index (χ1v) is 4.53. The Hall–Kier alpha value is -1.58. The molecule has 0 heterocycles. The smallest absolute Gasteiger partial charge is 0.330 e. The van der Waals surface area contributed by atoms with Crippen LogP contribution in [0.4, 0.5) is 0 Å². The van der Waals surface area contributed by atoms with Gasteiger partial charge in [0.25, 0.3) is 5.97 Å². The molecule has 0 amide bonds.